The minimum Gasteiger partial charge on any atom is -0.497 e. The number of anilines is 1. The van der Waals surface area contributed by atoms with E-state index in [9.17, 15) is 14.4 Å². The van der Waals surface area contributed by atoms with E-state index in [2.05, 4.69) is 9.69 Å². The first kappa shape index (κ1) is 25.6. The molecular weight excluding hydrogens is 502 g/mol. The maximum Gasteiger partial charge on any atom is 0.270 e. The lowest BCUT2D eigenvalue weighted by molar-refractivity contribution is -0.126. The second kappa shape index (κ2) is 11.5. The van der Waals surface area contributed by atoms with Crippen LogP contribution in [0.4, 0.5) is 5.69 Å². The average molecular weight is 530 g/mol. The number of hydrogen-bond acceptors (Lipinski definition) is 9. The van der Waals surface area contributed by atoms with Gasteiger partial charge in [-0.25, -0.2) is 0 Å². The van der Waals surface area contributed by atoms with Gasteiger partial charge in [0.25, 0.3) is 11.8 Å². The minimum atomic E-state index is -0.945. The number of nitrogens with zero attached hydrogens (tertiary/aromatic N) is 2. The van der Waals surface area contributed by atoms with Crippen molar-refractivity contribution in [3.05, 3.63) is 62.8 Å². The van der Waals surface area contributed by atoms with Gasteiger partial charge in [0.1, 0.15) is 16.7 Å². The fraction of sp³-hybridized carbons (Fsp3) is 0.333. The van der Waals surface area contributed by atoms with Crippen molar-refractivity contribution >= 4 is 46.3 Å². The van der Waals surface area contributed by atoms with Crippen LogP contribution in [-0.4, -0.2) is 53.4 Å². The summed E-state index contributed by atoms with van der Waals surface area (Å²) in [5.74, 6) is -1.03. The Morgan fingerprint density at radius 3 is 2.64 bits per heavy atom. The molecule has 0 aliphatic carbocycles. The molecule has 0 spiro atoms. The molecule has 1 saturated heterocycles. The number of aromatic nitrogens is 1. The van der Waals surface area contributed by atoms with Gasteiger partial charge in [-0.3, -0.25) is 14.4 Å². The van der Waals surface area contributed by atoms with Gasteiger partial charge in [0.15, 0.2) is 5.69 Å². The van der Waals surface area contributed by atoms with Gasteiger partial charge in [0, 0.05) is 24.6 Å². The molecule has 4 rings (SSSR count). The zero-order valence-corrected chi connectivity index (χ0v) is 21.3. The van der Waals surface area contributed by atoms with Gasteiger partial charge in [-0.1, -0.05) is 18.2 Å². The Bertz CT molecular complexity index is 1210. The van der Waals surface area contributed by atoms with Crippen LogP contribution in [0.25, 0.3) is 0 Å². The third kappa shape index (κ3) is 5.66. The van der Waals surface area contributed by atoms with Gasteiger partial charge in [-0.15, -0.1) is 11.3 Å². The molecule has 2 atom stereocenters. The first-order valence-corrected chi connectivity index (χ1v) is 13.0. The van der Waals surface area contributed by atoms with Gasteiger partial charge < -0.3 is 31.2 Å². The highest BCUT2D eigenvalue weighted by molar-refractivity contribution is 7.10. The lowest BCUT2D eigenvalue weighted by Crippen LogP contribution is -2.44. The molecule has 1 aliphatic heterocycles. The van der Waals surface area contributed by atoms with E-state index in [-0.39, 0.29) is 34.8 Å². The quantitative estimate of drug-likeness (QED) is 0.365. The summed E-state index contributed by atoms with van der Waals surface area (Å²) < 4.78 is 14.8. The molecule has 2 aromatic heterocycles. The van der Waals surface area contributed by atoms with E-state index in [0.717, 1.165) is 29.9 Å². The second-order valence-electron chi connectivity index (χ2n) is 8.22. The van der Waals surface area contributed by atoms with E-state index in [1.54, 1.807) is 25.3 Å². The number of nitrogen functional groups attached to an aromatic ring is 1. The van der Waals surface area contributed by atoms with Crippen LogP contribution in [0.3, 0.4) is 0 Å². The monoisotopic (exact) mass is 529 g/mol. The highest BCUT2D eigenvalue weighted by atomic mass is 32.1. The molecule has 3 heterocycles. The van der Waals surface area contributed by atoms with E-state index in [1.807, 2.05) is 23.6 Å². The Morgan fingerprint density at radius 2 is 2.06 bits per heavy atom. The SMILES string of the molecule is COc1ccc(CN(C(=O)c2snc(C(N)=O)c2N)[C@H](C(=O)NC[C@H]2CCCO2)c2cccs2)cc1. The molecule has 1 aliphatic rings. The predicted molar refractivity (Wildman–Crippen MR) is 137 cm³/mol. The van der Waals surface area contributed by atoms with Crippen LogP contribution < -0.4 is 21.5 Å². The van der Waals surface area contributed by atoms with Gasteiger partial charge >= 0.3 is 0 Å². The Hall–Kier alpha value is -3.48. The number of rotatable bonds is 10. The second-order valence-corrected chi connectivity index (χ2v) is 9.97. The molecule has 3 aromatic rings. The number of hydrogen-bond donors (Lipinski definition) is 3. The summed E-state index contributed by atoms with van der Waals surface area (Å²) in [6.45, 7) is 1.12. The summed E-state index contributed by atoms with van der Waals surface area (Å²) in [5.41, 5.74) is 11.9. The smallest absolute Gasteiger partial charge is 0.270 e. The van der Waals surface area contributed by atoms with Crippen molar-refractivity contribution in [1.29, 1.82) is 0 Å². The number of thiophene rings is 1. The molecule has 1 aromatic carbocycles. The van der Waals surface area contributed by atoms with Crippen LogP contribution in [0.5, 0.6) is 5.75 Å². The number of nitrogens with two attached hydrogens (primary N) is 2. The van der Waals surface area contributed by atoms with Gasteiger partial charge in [-0.2, -0.15) is 4.37 Å². The predicted octanol–water partition coefficient (Wildman–Crippen LogP) is 2.57. The van der Waals surface area contributed by atoms with E-state index in [1.165, 1.54) is 16.2 Å². The van der Waals surface area contributed by atoms with Crippen LogP contribution in [0, 0.1) is 0 Å². The maximum absolute atomic E-state index is 13.9. The largest absolute Gasteiger partial charge is 0.497 e. The number of nitrogens with one attached hydrogen (secondary N) is 1. The van der Waals surface area contributed by atoms with Crippen molar-refractivity contribution in [3.8, 4) is 5.75 Å². The molecule has 0 bridgehead atoms. The molecular formula is C24H27N5O5S2. The first-order chi connectivity index (χ1) is 17.4. The number of ether oxygens (including phenoxy) is 2. The van der Waals surface area contributed by atoms with E-state index in [0.29, 0.717) is 23.8 Å². The van der Waals surface area contributed by atoms with Crippen molar-refractivity contribution in [1.82, 2.24) is 14.6 Å². The van der Waals surface area contributed by atoms with Crippen LogP contribution in [0.15, 0.2) is 41.8 Å². The van der Waals surface area contributed by atoms with Crippen LogP contribution >= 0.6 is 22.9 Å². The van der Waals surface area contributed by atoms with Crippen molar-refractivity contribution in [3.63, 3.8) is 0 Å². The lowest BCUT2D eigenvalue weighted by Gasteiger charge is -2.30. The molecule has 3 amide bonds. The number of primary amides is 1. The summed E-state index contributed by atoms with van der Waals surface area (Å²) in [6, 6.07) is 9.88. The topological polar surface area (TPSA) is 150 Å². The first-order valence-electron chi connectivity index (χ1n) is 11.3. The molecule has 5 N–H and O–H groups in total. The summed E-state index contributed by atoms with van der Waals surface area (Å²) in [7, 11) is 1.57. The summed E-state index contributed by atoms with van der Waals surface area (Å²) >= 11 is 2.15. The molecule has 36 heavy (non-hydrogen) atoms. The van der Waals surface area contributed by atoms with Crippen molar-refractivity contribution in [2.75, 3.05) is 26.0 Å². The highest BCUT2D eigenvalue weighted by Crippen LogP contribution is 2.32. The van der Waals surface area contributed by atoms with E-state index in [4.69, 9.17) is 20.9 Å². The number of benzene rings is 1. The zero-order valence-electron chi connectivity index (χ0n) is 19.6. The Morgan fingerprint density at radius 1 is 1.28 bits per heavy atom. The molecule has 190 valence electrons. The standard InChI is InChI=1S/C24H27N5O5S2/c1-33-15-8-6-14(7-9-15)13-29(24(32)21-18(25)19(22(26)30)28-36-21)20(17-5-3-11-35-17)23(31)27-12-16-4-2-10-34-16/h3,5-9,11,16,20H,2,4,10,12-13,25H2,1H3,(H2,26,30)(H,27,31)/t16-,20+/m1/s1. The van der Waals surface area contributed by atoms with Crippen molar-refractivity contribution in [2.24, 2.45) is 5.73 Å². The molecule has 1 fully saturated rings. The summed E-state index contributed by atoms with van der Waals surface area (Å²) in [6.07, 6.45) is 1.76. The third-order valence-electron chi connectivity index (χ3n) is 5.83. The maximum atomic E-state index is 13.9. The summed E-state index contributed by atoms with van der Waals surface area (Å²) in [4.78, 5) is 41.3. The van der Waals surface area contributed by atoms with Gasteiger partial charge in [0.05, 0.1) is 18.9 Å². The van der Waals surface area contributed by atoms with Gasteiger partial charge in [-0.05, 0) is 53.5 Å². The fourth-order valence-electron chi connectivity index (χ4n) is 3.96. The van der Waals surface area contributed by atoms with Crippen LogP contribution in [0.1, 0.15) is 49.5 Å². The average Bonchev–Trinajstić information content (AvgIpc) is 3.65. The van der Waals surface area contributed by atoms with Crippen LogP contribution in [-0.2, 0) is 16.1 Å². The molecule has 0 unspecified atom stereocenters. The molecule has 0 radical (unpaired) electrons. The number of methoxy groups -OCH3 is 1. The number of amides is 3. The third-order valence-corrected chi connectivity index (χ3v) is 7.60. The van der Waals surface area contributed by atoms with Crippen molar-refractivity contribution in [2.45, 2.75) is 31.5 Å². The highest BCUT2D eigenvalue weighted by Gasteiger charge is 2.36. The Kier molecular flexibility index (Phi) is 8.18. The molecule has 10 nitrogen and oxygen atoms in total. The van der Waals surface area contributed by atoms with Crippen LogP contribution in [0.2, 0.25) is 0 Å². The minimum absolute atomic E-state index is 0.0470. The van der Waals surface area contributed by atoms with Gasteiger partial charge in [0.2, 0.25) is 5.91 Å². The number of carbonyl (C=O) groups is 3. The molecule has 12 heteroatoms. The Balaban J connectivity index is 1.70. The Labute approximate surface area is 216 Å². The lowest BCUT2D eigenvalue weighted by atomic mass is 10.1. The van der Waals surface area contributed by atoms with E-state index >= 15 is 0 Å². The molecule has 0 saturated carbocycles. The summed E-state index contributed by atoms with van der Waals surface area (Å²) in [5, 5.41) is 4.80. The number of carbonyl (C=O) groups excluding carboxylic acids is 3. The zero-order chi connectivity index (χ0) is 25.7. The fourth-order valence-corrected chi connectivity index (χ4v) is 5.55. The van der Waals surface area contributed by atoms with E-state index < -0.39 is 17.9 Å². The normalized spacial score (nSPS) is 15.9. The van der Waals surface area contributed by atoms with Crippen molar-refractivity contribution < 1.29 is 23.9 Å².